The van der Waals surface area contributed by atoms with Crippen LogP contribution in [-0.4, -0.2) is 67.6 Å². The molecule has 2 heterocycles. The van der Waals surface area contributed by atoms with Gasteiger partial charge in [0, 0.05) is 36.8 Å². The summed E-state index contributed by atoms with van der Waals surface area (Å²) in [5.74, 6) is 0.993. The van der Waals surface area contributed by atoms with E-state index in [0.717, 1.165) is 49.4 Å². The summed E-state index contributed by atoms with van der Waals surface area (Å²) in [6.07, 6.45) is 6.85. The Morgan fingerprint density at radius 3 is 2.58 bits per heavy atom. The fraction of sp³-hybridized carbons (Fsp3) is 0.517. The first-order valence-electron chi connectivity index (χ1n) is 13.5. The van der Waals surface area contributed by atoms with Crippen molar-refractivity contribution in [3.05, 3.63) is 59.7 Å². The van der Waals surface area contributed by atoms with Gasteiger partial charge in [-0.3, -0.25) is 4.79 Å². The van der Waals surface area contributed by atoms with Gasteiger partial charge < -0.3 is 25.2 Å². The van der Waals surface area contributed by atoms with Gasteiger partial charge in [0.05, 0.1) is 6.61 Å². The lowest BCUT2D eigenvalue weighted by Gasteiger charge is -2.33. The van der Waals surface area contributed by atoms with Crippen LogP contribution in [0.25, 0.3) is 0 Å². The summed E-state index contributed by atoms with van der Waals surface area (Å²) in [5, 5.41) is 6.08. The van der Waals surface area contributed by atoms with E-state index in [1.807, 2.05) is 54.3 Å². The van der Waals surface area contributed by atoms with Crippen LogP contribution in [0.2, 0.25) is 0 Å². The Hall–Kier alpha value is -3.06. The lowest BCUT2D eigenvalue weighted by molar-refractivity contribution is 0.0950. The minimum atomic E-state index is -0.0912. The number of urea groups is 1. The molecule has 4 rings (SSSR count). The largest absolute Gasteiger partial charge is 0.494 e. The van der Waals surface area contributed by atoms with Crippen molar-refractivity contribution in [2.75, 3.05) is 51.2 Å². The average molecular weight is 493 g/mol. The number of piperidine rings is 2. The number of hydrogen-bond acceptors (Lipinski definition) is 4. The van der Waals surface area contributed by atoms with Gasteiger partial charge >= 0.3 is 6.03 Å². The first-order valence-corrected chi connectivity index (χ1v) is 13.5. The zero-order chi connectivity index (χ0) is 25.2. The number of ether oxygens (including phenoxy) is 1. The van der Waals surface area contributed by atoms with E-state index in [2.05, 4.69) is 21.6 Å². The van der Waals surface area contributed by atoms with Crippen LogP contribution in [0.5, 0.6) is 5.75 Å². The second kappa shape index (κ2) is 13.3. The molecule has 1 atom stereocenters. The number of anilines is 1. The van der Waals surface area contributed by atoms with Crippen molar-refractivity contribution in [1.29, 1.82) is 0 Å². The summed E-state index contributed by atoms with van der Waals surface area (Å²) in [4.78, 5) is 30.0. The molecule has 0 unspecified atom stereocenters. The number of likely N-dealkylation sites (tertiary alicyclic amines) is 2. The molecule has 2 aromatic carbocycles. The molecule has 2 aliphatic heterocycles. The Balaban J connectivity index is 1.27. The van der Waals surface area contributed by atoms with Gasteiger partial charge in [-0.05, 0) is 101 Å². The van der Waals surface area contributed by atoms with Gasteiger partial charge in [-0.25, -0.2) is 4.79 Å². The van der Waals surface area contributed by atoms with E-state index in [1.165, 1.54) is 32.4 Å². The van der Waals surface area contributed by atoms with Crippen LogP contribution in [0, 0.1) is 0 Å². The molecule has 0 radical (unpaired) electrons. The molecule has 36 heavy (non-hydrogen) atoms. The molecule has 3 amide bonds. The van der Waals surface area contributed by atoms with Crippen LogP contribution in [0.15, 0.2) is 48.5 Å². The standard InChI is InChI=1S/C29H40N4O3/c1-2-36-27-14-12-26(13-15-27)31-29(35)33-20-7-11-25(22-33)23-9-6-10-24(21-23)28(34)30-16-8-19-32-17-4-3-5-18-32/h6,9-10,12-15,21,25H,2-5,7-8,11,16-20,22H2,1H3,(H,30,34)(H,31,35)/t25-/m0/s1. The van der Waals surface area contributed by atoms with Crippen molar-refractivity contribution >= 4 is 17.6 Å². The van der Waals surface area contributed by atoms with Gasteiger partial charge in [-0.2, -0.15) is 0 Å². The van der Waals surface area contributed by atoms with Crippen LogP contribution < -0.4 is 15.4 Å². The van der Waals surface area contributed by atoms with Crippen LogP contribution >= 0.6 is 0 Å². The maximum absolute atomic E-state index is 12.9. The fourth-order valence-electron chi connectivity index (χ4n) is 5.16. The molecule has 0 aromatic heterocycles. The van der Waals surface area contributed by atoms with Crippen LogP contribution in [0.1, 0.15) is 67.3 Å². The molecule has 2 fully saturated rings. The molecule has 0 saturated carbocycles. The minimum absolute atomic E-state index is 0.0172. The zero-order valence-corrected chi connectivity index (χ0v) is 21.5. The summed E-state index contributed by atoms with van der Waals surface area (Å²) < 4.78 is 5.47. The number of nitrogens with zero attached hydrogens (tertiary/aromatic N) is 2. The second-order valence-electron chi connectivity index (χ2n) is 9.81. The van der Waals surface area contributed by atoms with E-state index in [1.54, 1.807) is 0 Å². The molecule has 0 bridgehead atoms. The Kier molecular flexibility index (Phi) is 9.61. The topological polar surface area (TPSA) is 73.9 Å². The van der Waals surface area contributed by atoms with Crippen molar-refractivity contribution in [2.45, 2.75) is 51.4 Å². The molecular weight excluding hydrogens is 452 g/mol. The highest BCUT2D eigenvalue weighted by molar-refractivity contribution is 5.94. The molecule has 2 saturated heterocycles. The Morgan fingerprint density at radius 1 is 1.00 bits per heavy atom. The predicted molar refractivity (Wildman–Crippen MR) is 144 cm³/mol. The van der Waals surface area contributed by atoms with Crippen LogP contribution in [0.4, 0.5) is 10.5 Å². The van der Waals surface area contributed by atoms with Crippen molar-refractivity contribution in [1.82, 2.24) is 15.1 Å². The van der Waals surface area contributed by atoms with Crippen molar-refractivity contribution in [2.24, 2.45) is 0 Å². The van der Waals surface area contributed by atoms with Crippen molar-refractivity contribution in [3.8, 4) is 5.75 Å². The van der Waals surface area contributed by atoms with Crippen LogP contribution in [0.3, 0.4) is 0 Å². The SMILES string of the molecule is CCOc1ccc(NC(=O)N2CCC[C@H](c3cccc(C(=O)NCCCN4CCCCC4)c3)C2)cc1. The van der Waals surface area contributed by atoms with Crippen LogP contribution in [-0.2, 0) is 0 Å². The van der Waals surface area contributed by atoms with Crippen molar-refractivity contribution < 1.29 is 14.3 Å². The van der Waals surface area contributed by atoms with E-state index in [4.69, 9.17) is 4.74 Å². The molecule has 7 nitrogen and oxygen atoms in total. The molecule has 2 aromatic rings. The summed E-state index contributed by atoms with van der Waals surface area (Å²) in [6, 6.07) is 15.3. The van der Waals surface area contributed by atoms with Crippen molar-refractivity contribution in [3.63, 3.8) is 0 Å². The maximum Gasteiger partial charge on any atom is 0.321 e. The lowest BCUT2D eigenvalue weighted by Crippen LogP contribution is -2.41. The predicted octanol–water partition coefficient (Wildman–Crippen LogP) is 5.10. The minimum Gasteiger partial charge on any atom is -0.494 e. The van der Waals surface area contributed by atoms with Gasteiger partial charge in [0.25, 0.3) is 5.91 Å². The van der Waals surface area contributed by atoms with Gasteiger partial charge in [0.2, 0.25) is 0 Å². The highest BCUT2D eigenvalue weighted by Gasteiger charge is 2.25. The molecule has 7 heteroatoms. The molecule has 2 N–H and O–H groups in total. The van der Waals surface area contributed by atoms with E-state index < -0.39 is 0 Å². The van der Waals surface area contributed by atoms with Gasteiger partial charge in [-0.1, -0.05) is 18.6 Å². The normalized spacial score (nSPS) is 18.5. The highest BCUT2D eigenvalue weighted by Crippen LogP contribution is 2.28. The third kappa shape index (κ3) is 7.47. The van der Waals surface area contributed by atoms with Gasteiger partial charge in [0.15, 0.2) is 0 Å². The van der Waals surface area contributed by atoms with E-state index in [0.29, 0.717) is 25.3 Å². The summed E-state index contributed by atoms with van der Waals surface area (Å²) in [5.41, 5.74) is 2.57. The number of nitrogens with one attached hydrogen (secondary N) is 2. The third-order valence-electron chi connectivity index (χ3n) is 7.13. The van der Waals surface area contributed by atoms with Gasteiger partial charge in [0.1, 0.15) is 5.75 Å². The zero-order valence-electron chi connectivity index (χ0n) is 21.5. The fourth-order valence-corrected chi connectivity index (χ4v) is 5.16. The maximum atomic E-state index is 12.9. The summed E-state index contributed by atoms with van der Waals surface area (Å²) in [7, 11) is 0. The Labute approximate surface area is 215 Å². The molecule has 194 valence electrons. The first-order chi connectivity index (χ1) is 17.6. The molecule has 0 aliphatic carbocycles. The molecule has 0 spiro atoms. The molecular formula is C29H40N4O3. The lowest BCUT2D eigenvalue weighted by atomic mass is 9.89. The molecule has 2 aliphatic rings. The first kappa shape index (κ1) is 26.0. The second-order valence-corrected chi connectivity index (χ2v) is 9.81. The number of amides is 3. The highest BCUT2D eigenvalue weighted by atomic mass is 16.5. The number of carbonyl (C=O) groups is 2. The Morgan fingerprint density at radius 2 is 1.81 bits per heavy atom. The summed E-state index contributed by atoms with van der Waals surface area (Å²) >= 11 is 0. The van der Waals surface area contributed by atoms with E-state index in [-0.39, 0.29) is 17.9 Å². The number of rotatable bonds is 9. The number of hydrogen-bond donors (Lipinski definition) is 2. The average Bonchev–Trinajstić information content (AvgIpc) is 2.93. The number of carbonyl (C=O) groups excluding carboxylic acids is 2. The van der Waals surface area contributed by atoms with E-state index >= 15 is 0 Å². The van der Waals surface area contributed by atoms with Gasteiger partial charge in [-0.15, -0.1) is 0 Å². The smallest absolute Gasteiger partial charge is 0.321 e. The quantitative estimate of drug-likeness (QED) is 0.478. The third-order valence-corrected chi connectivity index (χ3v) is 7.13. The summed E-state index contributed by atoms with van der Waals surface area (Å²) in [6.45, 7) is 8.06. The Bertz CT molecular complexity index is 988. The van der Waals surface area contributed by atoms with E-state index in [9.17, 15) is 9.59 Å². The monoisotopic (exact) mass is 492 g/mol. The number of benzene rings is 2.